The third-order valence-electron chi connectivity index (χ3n) is 3.01. The summed E-state index contributed by atoms with van der Waals surface area (Å²) in [6, 6.07) is 2.83. The highest BCUT2D eigenvalue weighted by atomic mass is 16.3. The molecule has 5 nitrogen and oxygen atoms in total. The summed E-state index contributed by atoms with van der Waals surface area (Å²) in [5.41, 5.74) is 1.24. The summed E-state index contributed by atoms with van der Waals surface area (Å²) in [6.07, 6.45) is 5.84. The monoisotopic (exact) mass is 232 g/mol. The Labute approximate surface area is 99.8 Å². The SMILES string of the molecule is Cc1oc(Cn2cncn2)cc1CNC1CC1. The molecule has 1 aliphatic rings. The highest BCUT2D eigenvalue weighted by Gasteiger charge is 2.20. The zero-order chi connectivity index (χ0) is 11.7. The van der Waals surface area contributed by atoms with E-state index in [2.05, 4.69) is 21.5 Å². The number of hydrogen-bond acceptors (Lipinski definition) is 4. The molecule has 3 rings (SSSR count). The molecule has 2 aromatic heterocycles. The largest absolute Gasteiger partial charge is 0.464 e. The third-order valence-corrected chi connectivity index (χ3v) is 3.01. The van der Waals surface area contributed by atoms with Gasteiger partial charge in [-0.15, -0.1) is 0 Å². The summed E-state index contributed by atoms with van der Waals surface area (Å²) in [4.78, 5) is 3.91. The van der Waals surface area contributed by atoms with E-state index in [4.69, 9.17) is 4.42 Å². The summed E-state index contributed by atoms with van der Waals surface area (Å²) >= 11 is 0. The minimum absolute atomic E-state index is 0.643. The van der Waals surface area contributed by atoms with Crippen molar-refractivity contribution < 1.29 is 4.42 Å². The molecule has 0 radical (unpaired) electrons. The summed E-state index contributed by atoms with van der Waals surface area (Å²) < 4.78 is 7.47. The van der Waals surface area contributed by atoms with Gasteiger partial charge in [-0.2, -0.15) is 5.10 Å². The fraction of sp³-hybridized carbons (Fsp3) is 0.500. The number of nitrogens with zero attached hydrogens (tertiary/aromatic N) is 3. The van der Waals surface area contributed by atoms with Gasteiger partial charge < -0.3 is 9.73 Å². The van der Waals surface area contributed by atoms with Crippen molar-refractivity contribution in [3.05, 3.63) is 35.8 Å². The van der Waals surface area contributed by atoms with Crippen LogP contribution >= 0.6 is 0 Å². The molecule has 1 saturated carbocycles. The predicted molar refractivity (Wildman–Crippen MR) is 62.4 cm³/mol. The molecule has 17 heavy (non-hydrogen) atoms. The minimum atomic E-state index is 0.643. The van der Waals surface area contributed by atoms with Gasteiger partial charge in [0.25, 0.3) is 0 Å². The molecule has 5 heteroatoms. The minimum Gasteiger partial charge on any atom is -0.464 e. The fourth-order valence-corrected chi connectivity index (χ4v) is 1.86. The van der Waals surface area contributed by atoms with Gasteiger partial charge in [-0.25, -0.2) is 9.67 Å². The van der Waals surface area contributed by atoms with Crippen molar-refractivity contribution in [2.75, 3.05) is 0 Å². The fourth-order valence-electron chi connectivity index (χ4n) is 1.86. The smallest absolute Gasteiger partial charge is 0.137 e. The van der Waals surface area contributed by atoms with Gasteiger partial charge in [-0.05, 0) is 25.8 Å². The number of rotatable bonds is 5. The van der Waals surface area contributed by atoms with E-state index in [-0.39, 0.29) is 0 Å². The molecule has 0 amide bonds. The van der Waals surface area contributed by atoms with Crippen LogP contribution in [-0.2, 0) is 13.1 Å². The molecular formula is C12H16N4O. The summed E-state index contributed by atoms with van der Waals surface area (Å²) in [5.74, 6) is 1.92. The number of nitrogens with one attached hydrogen (secondary N) is 1. The number of aromatic nitrogens is 3. The number of aryl methyl sites for hydroxylation is 1. The van der Waals surface area contributed by atoms with E-state index in [1.807, 2.05) is 6.92 Å². The lowest BCUT2D eigenvalue weighted by Crippen LogP contribution is -2.15. The van der Waals surface area contributed by atoms with Gasteiger partial charge in [0.1, 0.15) is 30.7 Å². The lowest BCUT2D eigenvalue weighted by molar-refractivity contribution is 0.456. The summed E-state index contributed by atoms with van der Waals surface area (Å²) in [5, 5.41) is 7.56. The lowest BCUT2D eigenvalue weighted by atomic mass is 10.2. The first kappa shape index (κ1) is 10.5. The Kier molecular flexibility index (Phi) is 2.68. The zero-order valence-corrected chi connectivity index (χ0v) is 9.89. The topological polar surface area (TPSA) is 55.9 Å². The molecule has 90 valence electrons. The first-order valence-corrected chi connectivity index (χ1v) is 5.95. The molecule has 0 saturated heterocycles. The van der Waals surface area contributed by atoms with Gasteiger partial charge >= 0.3 is 0 Å². The van der Waals surface area contributed by atoms with Crippen LogP contribution in [0.4, 0.5) is 0 Å². The molecule has 1 fully saturated rings. The van der Waals surface area contributed by atoms with Crippen LogP contribution in [0.25, 0.3) is 0 Å². The van der Waals surface area contributed by atoms with Crippen molar-refractivity contribution >= 4 is 0 Å². The molecule has 0 aliphatic heterocycles. The second-order valence-corrected chi connectivity index (χ2v) is 4.54. The van der Waals surface area contributed by atoms with Crippen LogP contribution < -0.4 is 5.32 Å². The van der Waals surface area contributed by atoms with Crippen LogP contribution in [0.15, 0.2) is 23.1 Å². The van der Waals surface area contributed by atoms with Crippen LogP contribution in [0.5, 0.6) is 0 Å². The number of hydrogen-bond donors (Lipinski definition) is 1. The average molecular weight is 232 g/mol. The zero-order valence-electron chi connectivity index (χ0n) is 9.89. The Morgan fingerprint density at radius 3 is 3.12 bits per heavy atom. The van der Waals surface area contributed by atoms with Crippen LogP contribution in [0.2, 0.25) is 0 Å². The first-order chi connectivity index (χ1) is 8.31. The third kappa shape index (κ3) is 2.55. The van der Waals surface area contributed by atoms with Crippen molar-refractivity contribution in [3.8, 4) is 0 Å². The molecule has 0 aromatic carbocycles. The van der Waals surface area contributed by atoms with Crippen LogP contribution in [0.3, 0.4) is 0 Å². The first-order valence-electron chi connectivity index (χ1n) is 5.95. The number of furan rings is 1. The van der Waals surface area contributed by atoms with Crippen molar-refractivity contribution in [2.45, 2.75) is 38.9 Å². The molecule has 0 atom stereocenters. The Balaban J connectivity index is 1.66. The predicted octanol–water partition coefficient (Wildman–Crippen LogP) is 1.48. The highest BCUT2D eigenvalue weighted by Crippen LogP contribution is 2.21. The van der Waals surface area contributed by atoms with Crippen molar-refractivity contribution in [2.24, 2.45) is 0 Å². The van der Waals surface area contributed by atoms with Gasteiger partial charge in [0.15, 0.2) is 0 Å². The van der Waals surface area contributed by atoms with Crippen molar-refractivity contribution in [3.63, 3.8) is 0 Å². The van der Waals surface area contributed by atoms with Crippen LogP contribution in [-0.4, -0.2) is 20.8 Å². The standard InChI is InChI=1S/C12H16N4O/c1-9-10(5-14-11-2-3-11)4-12(17-9)6-16-8-13-7-15-16/h4,7-8,11,14H,2-3,5-6H2,1H3. The van der Waals surface area contributed by atoms with Gasteiger partial charge in [0, 0.05) is 18.2 Å². The highest BCUT2D eigenvalue weighted by molar-refractivity contribution is 5.21. The average Bonchev–Trinajstić information content (AvgIpc) is 2.88. The maximum Gasteiger partial charge on any atom is 0.137 e. The normalized spacial score (nSPS) is 15.4. The Bertz CT molecular complexity index is 485. The lowest BCUT2D eigenvalue weighted by Gasteiger charge is -1.99. The van der Waals surface area contributed by atoms with Gasteiger partial charge in [0.2, 0.25) is 0 Å². The van der Waals surface area contributed by atoms with Gasteiger partial charge in [0.05, 0.1) is 0 Å². The second kappa shape index (κ2) is 4.33. The second-order valence-electron chi connectivity index (χ2n) is 4.54. The van der Waals surface area contributed by atoms with E-state index >= 15 is 0 Å². The van der Waals surface area contributed by atoms with E-state index in [1.165, 1.54) is 24.7 Å². The van der Waals surface area contributed by atoms with E-state index in [0.717, 1.165) is 24.1 Å². The van der Waals surface area contributed by atoms with Crippen LogP contribution in [0, 0.1) is 6.92 Å². The van der Waals surface area contributed by atoms with E-state index < -0.39 is 0 Å². The van der Waals surface area contributed by atoms with Gasteiger partial charge in [-0.1, -0.05) is 0 Å². The summed E-state index contributed by atoms with van der Waals surface area (Å²) in [7, 11) is 0. The van der Waals surface area contributed by atoms with Crippen LogP contribution in [0.1, 0.15) is 29.9 Å². The Hall–Kier alpha value is -1.62. The maximum atomic E-state index is 5.71. The molecule has 1 N–H and O–H groups in total. The van der Waals surface area contributed by atoms with Crippen molar-refractivity contribution in [1.29, 1.82) is 0 Å². The molecule has 0 bridgehead atoms. The van der Waals surface area contributed by atoms with Crippen molar-refractivity contribution in [1.82, 2.24) is 20.1 Å². The molecule has 2 heterocycles. The molecular weight excluding hydrogens is 216 g/mol. The van der Waals surface area contributed by atoms with E-state index in [0.29, 0.717) is 6.54 Å². The molecule has 2 aromatic rings. The maximum absolute atomic E-state index is 5.71. The summed E-state index contributed by atoms with van der Waals surface area (Å²) in [6.45, 7) is 3.55. The Morgan fingerprint density at radius 1 is 1.53 bits per heavy atom. The molecule has 0 unspecified atom stereocenters. The molecule has 0 spiro atoms. The van der Waals surface area contributed by atoms with E-state index in [1.54, 1.807) is 11.0 Å². The van der Waals surface area contributed by atoms with Gasteiger partial charge in [-0.3, -0.25) is 0 Å². The molecule has 1 aliphatic carbocycles. The van der Waals surface area contributed by atoms with E-state index in [9.17, 15) is 0 Å². The quantitative estimate of drug-likeness (QED) is 0.848. The Morgan fingerprint density at radius 2 is 2.41 bits per heavy atom.